The van der Waals surface area contributed by atoms with E-state index in [-0.39, 0.29) is 0 Å². The van der Waals surface area contributed by atoms with Gasteiger partial charge in [-0.15, -0.1) is 0 Å². The Labute approximate surface area is 85.4 Å². The third-order valence-electron chi connectivity index (χ3n) is 2.33. The molecule has 2 nitrogen and oxygen atoms in total. The van der Waals surface area contributed by atoms with Crippen molar-refractivity contribution in [1.29, 1.82) is 0 Å². The molecule has 0 amide bonds. The molecular formula is C12H17NO. The lowest BCUT2D eigenvalue weighted by Gasteiger charge is -2.08. The number of nitrogen functional groups attached to an aromatic ring is 1. The van der Waals surface area contributed by atoms with Crippen molar-refractivity contribution in [2.45, 2.75) is 20.3 Å². The van der Waals surface area contributed by atoms with Crippen LogP contribution in [0.3, 0.4) is 0 Å². The van der Waals surface area contributed by atoms with Gasteiger partial charge in [-0.25, -0.2) is 0 Å². The summed E-state index contributed by atoms with van der Waals surface area (Å²) in [5.74, 6) is 0.746. The molecule has 0 aliphatic heterocycles. The largest absolute Gasteiger partial charge is 0.495 e. The number of rotatable bonds is 3. The van der Waals surface area contributed by atoms with Crippen molar-refractivity contribution in [1.82, 2.24) is 0 Å². The molecule has 0 radical (unpaired) electrons. The minimum Gasteiger partial charge on any atom is -0.495 e. The highest BCUT2D eigenvalue weighted by Gasteiger charge is 2.03. The van der Waals surface area contributed by atoms with Crippen LogP contribution in [-0.2, 0) is 0 Å². The van der Waals surface area contributed by atoms with Crippen LogP contribution in [0, 0.1) is 0 Å². The minimum absolute atomic E-state index is 0.683. The highest BCUT2D eigenvalue weighted by Crippen LogP contribution is 2.27. The molecule has 0 aliphatic carbocycles. The SMILES string of the molecule is C/C=C(\CC)c1ccc(N)c(OC)c1. The van der Waals surface area contributed by atoms with Gasteiger partial charge in [-0.1, -0.05) is 19.1 Å². The number of benzene rings is 1. The van der Waals surface area contributed by atoms with Crippen LogP contribution < -0.4 is 10.5 Å². The summed E-state index contributed by atoms with van der Waals surface area (Å²) in [6.45, 7) is 4.18. The Morgan fingerprint density at radius 1 is 1.50 bits per heavy atom. The standard InChI is InChI=1S/C12H17NO/c1-4-9(5-2)10-6-7-11(13)12(8-10)14-3/h4,6-8H,5,13H2,1-3H3/b9-4+. The number of anilines is 1. The molecule has 2 heteroatoms. The summed E-state index contributed by atoms with van der Waals surface area (Å²) in [5, 5.41) is 0. The number of hydrogen-bond acceptors (Lipinski definition) is 2. The average molecular weight is 191 g/mol. The van der Waals surface area contributed by atoms with E-state index in [1.165, 1.54) is 11.1 Å². The van der Waals surface area contributed by atoms with E-state index in [0.717, 1.165) is 12.2 Å². The normalized spacial score (nSPS) is 11.5. The minimum atomic E-state index is 0.683. The van der Waals surface area contributed by atoms with Crippen molar-refractivity contribution >= 4 is 11.3 Å². The van der Waals surface area contributed by atoms with E-state index in [1.54, 1.807) is 7.11 Å². The van der Waals surface area contributed by atoms with Crippen LogP contribution in [0.5, 0.6) is 5.75 Å². The van der Waals surface area contributed by atoms with Crippen molar-refractivity contribution in [3.8, 4) is 5.75 Å². The zero-order chi connectivity index (χ0) is 10.6. The first-order valence-corrected chi connectivity index (χ1v) is 4.82. The topological polar surface area (TPSA) is 35.2 Å². The fourth-order valence-corrected chi connectivity index (χ4v) is 1.49. The van der Waals surface area contributed by atoms with Gasteiger partial charge < -0.3 is 10.5 Å². The van der Waals surface area contributed by atoms with Gasteiger partial charge >= 0.3 is 0 Å². The fraction of sp³-hybridized carbons (Fsp3) is 0.333. The van der Waals surface area contributed by atoms with E-state index in [9.17, 15) is 0 Å². The van der Waals surface area contributed by atoms with Gasteiger partial charge in [-0.05, 0) is 36.6 Å². The lowest BCUT2D eigenvalue weighted by molar-refractivity contribution is 0.417. The van der Waals surface area contributed by atoms with Gasteiger partial charge in [0, 0.05) is 0 Å². The summed E-state index contributed by atoms with van der Waals surface area (Å²) in [6, 6.07) is 5.89. The Morgan fingerprint density at radius 2 is 2.21 bits per heavy atom. The van der Waals surface area contributed by atoms with Crippen molar-refractivity contribution < 1.29 is 4.74 Å². The lowest BCUT2D eigenvalue weighted by atomic mass is 10.0. The van der Waals surface area contributed by atoms with Crippen molar-refractivity contribution in [3.05, 3.63) is 29.8 Å². The number of methoxy groups -OCH3 is 1. The third kappa shape index (κ3) is 2.08. The van der Waals surface area contributed by atoms with Crippen LogP contribution in [0.1, 0.15) is 25.8 Å². The molecule has 76 valence electrons. The first-order valence-electron chi connectivity index (χ1n) is 4.82. The summed E-state index contributed by atoms with van der Waals surface area (Å²) >= 11 is 0. The second-order valence-corrected chi connectivity index (χ2v) is 3.12. The Kier molecular flexibility index (Phi) is 3.57. The summed E-state index contributed by atoms with van der Waals surface area (Å²) in [5.41, 5.74) is 8.91. The predicted molar refractivity (Wildman–Crippen MR) is 61.3 cm³/mol. The van der Waals surface area contributed by atoms with Gasteiger partial charge in [0.05, 0.1) is 12.8 Å². The quantitative estimate of drug-likeness (QED) is 0.745. The van der Waals surface area contributed by atoms with Crippen LogP contribution in [0.15, 0.2) is 24.3 Å². The predicted octanol–water partition coefficient (Wildman–Crippen LogP) is 3.09. The first kappa shape index (κ1) is 10.6. The number of nitrogens with two attached hydrogens (primary N) is 1. The first-order chi connectivity index (χ1) is 6.72. The maximum Gasteiger partial charge on any atom is 0.142 e. The smallest absolute Gasteiger partial charge is 0.142 e. The van der Waals surface area contributed by atoms with Gasteiger partial charge in [0.25, 0.3) is 0 Å². The number of ether oxygens (including phenoxy) is 1. The molecule has 1 aromatic carbocycles. The van der Waals surface area contributed by atoms with E-state index in [1.807, 2.05) is 25.1 Å². The molecule has 0 fully saturated rings. The summed E-state index contributed by atoms with van der Waals surface area (Å²) < 4.78 is 5.17. The molecule has 14 heavy (non-hydrogen) atoms. The van der Waals surface area contributed by atoms with Gasteiger partial charge in [-0.3, -0.25) is 0 Å². The molecule has 0 aliphatic rings. The maximum absolute atomic E-state index is 5.74. The van der Waals surface area contributed by atoms with E-state index >= 15 is 0 Å². The number of hydrogen-bond donors (Lipinski definition) is 1. The molecule has 0 saturated heterocycles. The van der Waals surface area contributed by atoms with E-state index < -0.39 is 0 Å². The van der Waals surface area contributed by atoms with Crippen LogP contribution in [-0.4, -0.2) is 7.11 Å². The van der Waals surface area contributed by atoms with Crippen LogP contribution >= 0.6 is 0 Å². The zero-order valence-corrected chi connectivity index (χ0v) is 9.00. The lowest BCUT2D eigenvalue weighted by Crippen LogP contribution is -1.93. The van der Waals surface area contributed by atoms with Gasteiger partial charge in [-0.2, -0.15) is 0 Å². The molecule has 2 N–H and O–H groups in total. The van der Waals surface area contributed by atoms with E-state index in [4.69, 9.17) is 10.5 Å². The average Bonchev–Trinajstić information content (AvgIpc) is 2.22. The molecule has 0 heterocycles. The molecule has 0 saturated carbocycles. The highest BCUT2D eigenvalue weighted by atomic mass is 16.5. The second-order valence-electron chi connectivity index (χ2n) is 3.12. The van der Waals surface area contributed by atoms with Crippen LogP contribution in [0.4, 0.5) is 5.69 Å². The maximum atomic E-state index is 5.74. The molecule has 0 aromatic heterocycles. The third-order valence-corrected chi connectivity index (χ3v) is 2.33. The van der Waals surface area contributed by atoms with Crippen LogP contribution in [0.25, 0.3) is 5.57 Å². The van der Waals surface area contributed by atoms with E-state index in [2.05, 4.69) is 13.0 Å². The summed E-state index contributed by atoms with van der Waals surface area (Å²) in [6.07, 6.45) is 3.13. The van der Waals surface area contributed by atoms with Crippen molar-refractivity contribution in [2.24, 2.45) is 0 Å². The Balaban J connectivity index is 3.12. The molecular weight excluding hydrogens is 174 g/mol. The molecule has 1 rings (SSSR count). The van der Waals surface area contributed by atoms with Gasteiger partial charge in [0.2, 0.25) is 0 Å². The van der Waals surface area contributed by atoms with Gasteiger partial charge in [0.1, 0.15) is 5.75 Å². The summed E-state index contributed by atoms with van der Waals surface area (Å²) in [7, 11) is 1.64. The highest BCUT2D eigenvalue weighted by molar-refractivity contribution is 5.69. The molecule has 0 atom stereocenters. The van der Waals surface area contributed by atoms with Gasteiger partial charge in [0.15, 0.2) is 0 Å². The zero-order valence-electron chi connectivity index (χ0n) is 9.00. The Hall–Kier alpha value is -1.44. The molecule has 0 spiro atoms. The molecule has 0 bridgehead atoms. The molecule has 1 aromatic rings. The van der Waals surface area contributed by atoms with Crippen LogP contribution in [0.2, 0.25) is 0 Å². The Bertz CT molecular complexity index is 342. The summed E-state index contributed by atoms with van der Waals surface area (Å²) in [4.78, 5) is 0. The van der Waals surface area contributed by atoms with E-state index in [0.29, 0.717) is 5.69 Å². The fourth-order valence-electron chi connectivity index (χ4n) is 1.49. The van der Waals surface area contributed by atoms with Crippen molar-refractivity contribution in [3.63, 3.8) is 0 Å². The second kappa shape index (κ2) is 4.70. The van der Waals surface area contributed by atoms with Crippen molar-refractivity contribution in [2.75, 3.05) is 12.8 Å². The Morgan fingerprint density at radius 3 is 2.71 bits per heavy atom. The molecule has 0 unspecified atom stereocenters. The monoisotopic (exact) mass is 191 g/mol. The number of allylic oxidation sites excluding steroid dienone is 2.